The van der Waals surface area contributed by atoms with Crippen LogP contribution in [0.5, 0.6) is 0 Å². The Morgan fingerprint density at radius 1 is 1.33 bits per heavy atom. The molecule has 1 rings (SSSR count). The Bertz CT molecular complexity index is 364. The van der Waals surface area contributed by atoms with Crippen molar-refractivity contribution in [1.82, 2.24) is 4.90 Å². The van der Waals surface area contributed by atoms with E-state index in [2.05, 4.69) is 0 Å². The second-order valence-corrected chi connectivity index (χ2v) is 6.23. The molecule has 21 heavy (non-hydrogen) atoms. The number of carbonyl (C=O) groups excluding carboxylic acids is 2. The van der Waals surface area contributed by atoms with Gasteiger partial charge < -0.3 is 19.1 Å². The Morgan fingerprint density at radius 3 is 2.57 bits per heavy atom. The highest BCUT2D eigenvalue weighted by Crippen LogP contribution is 2.17. The summed E-state index contributed by atoms with van der Waals surface area (Å²) >= 11 is 0. The molecule has 6 heteroatoms. The van der Waals surface area contributed by atoms with Crippen molar-refractivity contribution in [2.45, 2.75) is 65.3 Å². The van der Waals surface area contributed by atoms with Gasteiger partial charge in [-0.15, -0.1) is 0 Å². The number of esters is 1. The zero-order valence-electron chi connectivity index (χ0n) is 13.7. The maximum absolute atomic E-state index is 12.0. The van der Waals surface area contributed by atoms with E-state index in [-0.39, 0.29) is 18.2 Å². The Labute approximate surface area is 126 Å². The lowest BCUT2D eigenvalue weighted by atomic mass is 10.1. The summed E-state index contributed by atoms with van der Waals surface area (Å²) in [6.45, 7) is 10.5. The van der Waals surface area contributed by atoms with Crippen LogP contribution in [-0.4, -0.2) is 54.5 Å². The maximum atomic E-state index is 12.0. The molecular formula is C15H27NO5. The van der Waals surface area contributed by atoms with Crippen LogP contribution in [0.1, 0.15) is 47.5 Å². The monoisotopic (exact) mass is 301 g/mol. The van der Waals surface area contributed by atoms with Crippen LogP contribution in [0.3, 0.4) is 0 Å². The van der Waals surface area contributed by atoms with E-state index in [0.717, 1.165) is 12.8 Å². The third kappa shape index (κ3) is 6.33. The molecule has 1 fully saturated rings. The van der Waals surface area contributed by atoms with Gasteiger partial charge >= 0.3 is 12.1 Å². The van der Waals surface area contributed by atoms with Crippen LogP contribution in [0.2, 0.25) is 0 Å². The molecule has 0 aliphatic carbocycles. The van der Waals surface area contributed by atoms with Crippen LogP contribution in [0, 0.1) is 0 Å². The zero-order chi connectivity index (χ0) is 16.0. The second kappa shape index (κ2) is 7.64. The fraction of sp³-hybridized carbons (Fsp3) is 0.867. The smallest absolute Gasteiger partial charge is 0.410 e. The van der Waals surface area contributed by atoms with Crippen LogP contribution >= 0.6 is 0 Å². The summed E-state index contributed by atoms with van der Waals surface area (Å²) in [5.41, 5.74) is -0.524. The summed E-state index contributed by atoms with van der Waals surface area (Å²) in [5, 5.41) is 0. The van der Waals surface area contributed by atoms with Gasteiger partial charge in [-0.1, -0.05) is 0 Å². The quantitative estimate of drug-likeness (QED) is 0.746. The van der Waals surface area contributed by atoms with Gasteiger partial charge in [-0.3, -0.25) is 0 Å². The highest BCUT2D eigenvalue weighted by molar-refractivity contribution is 5.74. The Hall–Kier alpha value is -1.30. The predicted octanol–water partition coefficient (Wildman–Crippen LogP) is 2.35. The molecule has 2 atom stereocenters. The van der Waals surface area contributed by atoms with Crippen molar-refractivity contribution in [1.29, 1.82) is 0 Å². The lowest BCUT2D eigenvalue weighted by Crippen LogP contribution is -2.46. The predicted molar refractivity (Wildman–Crippen MR) is 78.0 cm³/mol. The lowest BCUT2D eigenvalue weighted by Gasteiger charge is -2.34. The minimum absolute atomic E-state index is 0.290. The van der Waals surface area contributed by atoms with Gasteiger partial charge in [0.2, 0.25) is 0 Å². The first kappa shape index (κ1) is 17.8. The van der Waals surface area contributed by atoms with Gasteiger partial charge in [-0.2, -0.15) is 0 Å². The van der Waals surface area contributed by atoms with Gasteiger partial charge in [0.05, 0.1) is 6.54 Å². The molecule has 0 aromatic carbocycles. The summed E-state index contributed by atoms with van der Waals surface area (Å²) < 4.78 is 15.9. The molecule has 1 aliphatic heterocycles. The van der Waals surface area contributed by atoms with E-state index in [1.807, 2.05) is 27.7 Å². The zero-order valence-corrected chi connectivity index (χ0v) is 13.7. The van der Waals surface area contributed by atoms with Gasteiger partial charge in [0.15, 0.2) is 6.10 Å². The number of hydrogen-bond donors (Lipinski definition) is 0. The topological polar surface area (TPSA) is 65.1 Å². The third-order valence-electron chi connectivity index (χ3n) is 3.06. The van der Waals surface area contributed by atoms with Crippen molar-refractivity contribution in [2.24, 2.45) is 0 Å². The summed E-state index contributed by atoms with van der Waals surface area (Å²) in [6.07, 6.45) is 0.319. The van der Waals surface area contributed by atoms with Crippen molar-refractivity contribution in [2.75, 3.05) is 19.7 Å². The molecule has 0 spiro atoms. The number of nitrogens with zero attached hydrogens (tertiary/aromatic N) is 1. The van der Waals surface area contributed by atoms with E-state index in [0.29, 0.717) is 19.7 Å². The fourth-order valence-corrected chi connectivity index (χ4v) is 2.10. The Kier molecular flexibility index (Phi) is 6.45. The normalized spacial score (nSPS) is 20.8. The van der Waals surface area contributed by atoms with Gasteiger partial charge in [0.1, 0.15) is 11.7 Å². The average molecular weight is 301 g/mol. The van der Waals surface area contributed by atoms with Gasteiger partial charge in [-0.05, 0) is 47.5 Å². The molecule has 1 aliphatic rings. The van der Waals surface area contributed by atoms with Crippen LogP contribution in [0.25, 0.3) is 0 Å². The number of piperidine rings is 1. The number of likely N-dealkylation sites (tertiary alicyclic amines) is 1. The molecule has 122 valence electrons. The molecule has 0 bridgehead atoms. The van der Waals surface area contributed by atoms with Gasteiger partial charge in [-0.25, -0.2) is 9.59 Å². The third-order valence-corrected chi connectivity index (χ3v) is 3.06. The van der Waals surface area contributed by atoms with E-state index in [4.69, 9.17) is 14.2 Å². The standard InChI is InChI=1S/C15H27NO5/c1-6-19-11(2)13(17)20-12-8-7-9-16(10-12)14(18)21-15(3,4)5/h11-12H,6-10H2,1-5H3/t11-,12-/m1/s1. The highest BCUT2D eigenvalue weighted by Gasteiger charge is 2.30. The number of amides is 1. The lowest BCUT2D eigenvalue weighted by molar-refractivity contribution is -0.163. The minimum Gasteiger partial charge on any atom is -0.459 e. The van der Waals surface area contributed by atoms with Crippen molar-refractivity contribution in [3.8, 4) is 0 Å². The first-order chi connectivity index (χ1) is 9.73. The van der Waals surface area contributed by atoms with Crippen LogP contribution in [0.4, 0.5) is 4.79 Å². The molecule has 1 heterocycles. The SMILES string of the molecule is CCO[C@H](C)C(=O)O[C@@H]1CCCN(C(=O)OC(C)(C)C)C1. The summed E-state index contributed by atoms with van der Waals surface area (Å²) in [5.74, 6) is -0.382. The molecule has 0 aromatic heterocycles. The molecule has 0 aromatic rings. The van der Waals surface area contributed by atoms with E-state index in [1.54, 1.807) is 11.8 Å². The molecular weight excluding hydrogens is 274 g/mol. The Balaban J connectivity index is 2.48. The van der Waals surface area contributed by atoms with Crippen LogP contribution < -0.4 is 0 Å². The van der Waals surface area contributed by atoms with Gasteiger partial charge in [0, 0.05) is 13.2 Å². The van der Waals surface area contributed by atoms with Gasteiger partial charge in [0.25, 0.3) is 0 Å². The molecule has 0 radical (unpaired) electrons. The largest absolute Gasteiger partial charge is 0.459 e. The maximum Gasteiger partial charge on any atom is 0.410 e. The fourth-order valence-electron chi connectivity index (χ4n) is 2.10. The summed E-state index contributed by atoms with van der Waals surface area (Å²) in [7, 11) is 0. The average Bonchev–Trinajstić information content (AvgIpc) is 2.37. The number of carbonyl (C=O) groups is 2. The van der Waals surface area contributed by atoms with E-state index < -0.39 is 11.7 Å². The van der Waals surface area contributed by atoms with E-state index in [1.165, 1.54) is 0 Å². The van der Waals surface area contributed by atoms with Crippen molar-refractivity contribution in [3.63, 3.8) is 0 Å². The number of ether oxygens (including phenoxy) is 3. The van der Waals surface area contributed by atoms with Crippen molar-refractivity contribution >= 4 is 12.1 Å². The molecule has 0 N–H and O–H groups in total. The Morgan fingerprint density at radius 2 is 2.00 bits per heavy atom. The van der Waals surface area contributed by atoms with E-state index >= 15 is 0 Å². The first-order valence-electron chi connectivity index (χ1n) is 7.53. The molecule has 1 amide bonds. The first-order valence-corrected chi connectivity index (χ1v) is 7.53. The summed E-state index contributed by atoms with van der Waals surface area (Å²) in [6, 6.07) is 0. The number of rotatable bonds is 4. The highest BCUT2D eigenvalue weighted by atomic mass is 16.6. The van der Waals surface area contributed by atoms with Crippen LogP contribution in [-0.2, 0) is 19.0 Å². The molecule has 6 nitrogen and oxygen atoms in total. The van der Waals surface area contributed by atoms with Crippen molar-refractivity contribution < 1.29 is 23.8 Å². The molecule has 0 saturated carbocycles. The van der Waals surface area contributed by atoms with Crippen LogP contribution in [0.15, 0.2) is 0 Å². The number of hydrogen-bond acceptors (Lipinski definition) is 5. The summed E-state index contributed by atoms with van der Waals surface area (Å²) in [4.78, 5) is 25.4. The molecule has 1 saturated heterocycles. The molecule has 0 unspecified atom stereocenters. The second-order valence-electron chi connectivity index (χ2n) is 6.23. The van der Waals surface area contributed by atoms with E-state index in [9.17, 15) is 9.59 Å². The van der Waals surface area contributed by atoms with Crippen molar-refractivity contribution in [3.05, 3.63) is 0 Å². The minimum atomic E-state index is -0.577.